The summed E-state index contributed by atoms with van der Waals surface area (Å²) in [7, 11) is 1.71. The zero-order chi connectivity index (χ0) is 12.0. The summed E-state index contributed by atoms with van der Waals surface area (Å²) in [5, 5.41) is 4.17. The molecule has 0 aromatic heterocycles. The van der Waals surface area contributed by atoms with E-state index in [-0.39, 0.29) is 5.60 Å². The maximum Gasteiger partial charge on any atom is 0.122 e. The van der Waals surface area contributed by atoms with Crippen LogP contribution in [0.1, 0.15) is 24.0 Å². The molecule has 1 fully saturated rings. The summed E-state index contributed by atoms with van der Waals surface area (Å²) in [5.41, 5.74) is 2.17. The lowest BCUT2D eigenvalue weighted by Gasteiger charge is -2.38. The lowest BCUT2D eigenvalue weighted by Crippen LogP contribution is -2.40. The summed E-state index contributed by atoms with van der Waals surface area (Å²) in [4.78, 5) is 0. The average Bonchev–Trinajstić information content (AvgIpc) is 2.71. The Labute approximate surface area is 106 Å². The molecular weight excluding hydrogens is 238 g/mol. The summed E-state index contributed by atoms with van der Waals surface area (Å²) in [6.45, 7) is 4.52. The van der Waals surface area contributed by atoms with Crippen molar-refractivity contribution < 1.29 is 9.47 Å². The van der Waals surface area contributed by atoms with Crippen molar-refractivity contribution >= 4 is 11.6 Å². The molecule has 2 unspecified atom stereocenters. The fourth-order valence-corrected chi connectivity index (χ4v) is 3.14. The van der Waals surface area contributed by atoms with E-state index in [1.165, 1.54) is 5.56 Å². The van der Waals surface area contributed by atoms with E-state index >= 15 is 0 Å². The first-order chi connectivity index (χ1) is 8.15. The predicted octanol–water partition coefficient (Wildman–Crippen LogP) is 2.32. The van der Waals surface area contributed by atoms with Crippen LogP contribution in [0.2, 0.25) is 5.02 Å². The van der Waals surface area contributed by atoms with Crippen LogP contribution < -0.4 is 10.1 Å². The number of rotatable bonds is 1. The Morgan fingerprint density at radius 1 is 1.53 bits per heavy atom. The van der Waals surface area contributed by atoms with E-state index < -0.39 is 0 Å². The fourth-order valence-electron chi connectivity index (χ4n) is 2.92. The Kier molecular flexibility index (Phi) is 2.58. The van der Waals surface area contributed by atoms with E-state index in [1.807, 2.05) is 12.1 Å². The molecule has 92 valence electrons. The van der Waals surface area contributed by atoms with Crippen molar-refractivity contribution in [3.05, 3.63) is 28.3 Å². The lowest BCUT2D eigenvalue weighted by molar-refractivity contribution is -0.0523. The number of hydrogen-bond acceptors (Lipinski definition) is 3. The van der Waals surface area contributed by atoms with Crippen LogP contribution in [0.3, 0.4) is 0 Å². The predicted molar refractivity (Wildman–Crippen MR) is 66.8 cm³/mol. The largest absolute Gasteiger partial charge is 0.496 e. The first-order valence-electron chi connectivity index (χ1n) is 5.85. The third-order valence-corrected chi connectivity index (χ3v) is 4.29. The molecule has 2 aliphatic heterocycles. The van der Waals surface area contributed by atoms with E-state index in [0.717, 1.165) is 29.4 Å². The molecule has 2 aliphatic rings. The smallest absolute Gasteiger partial charge is 0.122 e. The van der Waals surface area contributed by atoms with Gasteiger partial charge < -0.3 is 14.8 Å². The second-order valence-corrected chi connectivity index (χ2v) is 5.33. The lowest BCUT2D eigenvalue weighted by atomic mass is 9.81. The number of halogens is 1. The van der Waals surface area contributed by atoms with E-state index in [4.69, 9.17) is 21.1 Å². The SMILES string of the molecule is COc1ccc(Cl)c2c1C1CNCC1(C)OC2. The Balaban J connectivity index is 2.18. The van der Waals surface area contributed by atoms with Gasteiger partial charge in [0.1, 0.15) is 5.75 Å². The van der Waals surface area contributed by atoms with Crippen LogP contribution in [0.15, 0.2) is 12.1 Å². The highest BCUT2D eigenvalue weighted by molar-refractivity contribution is 6.31. The van der Waals surface area contributed by atoms with Gasteiger partial charge in [-0.05, 0) is 19.1 Å². The third-order valence-electron chi connectivity index (χ3n) is 3.94. The highest BCUT2D eigenvalue weighted by atomic mass is 35.5. The Morgan fingerprint density at radius 2 is 2.35 bits per heavy atom. The van der Waals surface area contributed by atoms with Crippen LogP contribution in [0, 0.1) is 0 Å². The van der Waals surface area contributed by atoms with Gasteiger partial charge in [-0.25, -0.2) is 0 Å². The van der Waals surface area contributed by atoms with Gasteiger partial charge in [0.25, 0.3) is 0 Å². The molecule has 0 amide bonds. The summed E-state index contributed by atoms with van der Waals surface area (Å²) in [6.07, 6.45) is 0. The molecule has 2 atom stereocenters. The van der Waals surface area contributed by atoms with Crippen molar-refractivity contribution in [2.45, 2.75) is 25.0 Å². The van der Waals surface area contributed by atoms with Gasteiger partial charge >= 0.3 is 0 Å². The van der Waals surface area contributed by atoms with Gasteiger partial charge in [0.05, 0.1) is 19.3 Å². The van der Waals surface area contributed by atoms with Crippen LogP contribution in [0.25, 0.3) is 0 Å². The summed E-state index contributed by atoms with van der Waals surface area (Å²) in [5.74, 6) is 1.24. The molecule has 0 radical (unpaired) electrons. The minimum Gasteiger partial charge on any atom is -0.496 e. The van der Waals surface area contributed by atoms with Gasteiger partial charge in [-0.2, -0.15) is 0 Å². The van der Waals surface area contributed by atoms with Crippen molar-refractivity contribution in [3.63, 3.8) is 0 Å². The molecule has 0 aliphatic carbocycles. The molecule has 2 heterocycles. The van der Waals surface area contributed by atoms with Crippen molar-refractivity contribution in [1.29, 1.82) is 0 Å². The molecule has 4 heteroatoms. The second kappa shape index (κ2) is 3.87. The Bertz CT molecular complexity index is 463. The van der Waals surface area contributed by atoms with Crippen molar-refractivity contribution in [3.8, 4) is 5.75 Å². The average molecular weight is 254 g/mol. The van der Waals surface area contributed by atoms with Crippen molar-refractivity contribution in [2.24, 2.45) is 0 Å². The summed E-state index contributed by atoms with van der Waals surface area (Å²) < 4.78 is 11.5. The number of fused-ring (bicyclic) bond motifs is 3. The monoisotopic (exact) mass is 253 g/mol. The number of benzene rings is 1. The molecule has 1 saturated heterocycles. The van der Waals surface area contributed by atoms with Gasteiger partial charge in [-0.3, -0.25) is 0 Å². The molecule has 1 aromatic carbocycles. The first kappa shape index (κ1) is 11.3. The van der Waals surface area contributed by atoms with Crippen LogP contribution in [0.4, 0.5) is 0 Å². The van der Waals surface area contributed by atoms with E-state index in [2.05, 4.69) is 12.2 Å². The van der Waals surface area contributed by atoms with E-state index in [0.29, 0.717) is 12.5 Å². The number of nitrogens with one attached hydrogen (secondary N) is 1. The maximum atomic E-state index is 6.25. The van der Waals surface area contributed by atoms with Crippen LogP contribution in [0.5, 0.6) is 5.75 Å². The molecule has 0 bridgehead atoms. The molecular formula is C13H16ClNO2. The standard InChI is InChI=1S/C13H16ClNO2/c1-13-7-15-5-9(13)12-8(6-17-13)10(14)3-4-11(12)16-2/h3-4,9,15H,5-7H2,1-2H3. The normalized spacial score (nSPS) is 30.9. The van der Waals surface area contributed by atoms with Gasteiger partial charge in [-0.15, -0.1) is 0 Å². The summed E-state index contributed by atoms with van der Waals surface area (Å²) in [6, 6.07) is 3.83. The fraction of sp³-hybridized carbons (Fsp3) is 0.538. The van der Waals surface area contributed by atoms with Crippen LogP contribution in [-0.2, 0) is 11.3 Å². The highest BCUT2D eigenvalue weighted by Gasteiger charge is 2.46. The zero-order valence-electron chi connectivity index (χ0n) is 10.0. The Morgan fingerprint density at radius 3 is 3.12 bits per heavy atom. The molecule has 3 nitrogen and oxygen atoms in total. The van der Waals surface area contributed by atoms with Crippen molar-refractivity contribution in [1.82, 2.24) is 5.32 Å². The summed E-state index contributed by atoms with van der Waals surface area (Å²) >= 11 is 6.25. The molecule has 0 saturated carbocycles. The molecule has 0 spiro atoms. The van der Waals surface area contributed by atoms with Crippen molar-refractivity contribution in [2.75, 3.05) is 20.2 Å². The molecule has 17 heavy (non-hydrogen) atoms. The van der Waals surface area contributed by atoms with Crippen LogP contribution in [-0.4, -0.2) is 25.8 Å². The maximum absolute atomic E-state index is 6.25. The molecule has 1 N–H and O–H groups in total. The van der Waals surface area contributed by atoms with Gasteiger partial charge in [-0.1, -0.05) is 11.6 Å². The Hall–Kier alpha value is -0.770. The minimum atomic E-state index is -0.134. The number of ether oxygens (including phenoxy) is 2. The minimum absolute atomic E-state index is 0.134. The van der Waals surface area contributed by atoms with Crippen LogP contribution >= 0.6 is 11.6 Å². The molecule has 3 rings (SSSR count). The van der Waals surface area contributed by atoms with E-state index in [1.54, 1.807) is 7.11 Å². The number of hydrogen-bond donors (Lipinski definition) is 1. The zero-order valence-corrected chi connectivity index (χ0v) is 10.8. The van der Waals surface area contributed by atoms with Gasteiger partial charge in [0.15, 0.2) is 0 Å². The quantitative estimate of drug-likeness (QED) is 0.833. The highest BCUT2D eigenvalue weighted by Crippen LogP contribution is 2.46. The third kappa shape index (κ3) is 1.57. The van der Waals surface area contributed by atoms with Gasteiger partial charge in [0.2, 0.25) is 0 Å². The van der Waals surface area contributed by atoms with Gasteiger partial charge in [0, 0.05) is 35.2 Å². The number of methoxy groups -OCH3 is 1. The second-order valence-electron chi connectivity index (χ2n) is 4.93. The van der Waals surface area contributed by atoms with E-state index in [9.17, 15) is 0 Å². The first-order valence-corrected chi connectivity index (χ1v) is 6.23. The molecule has 1 aromatic rings. The topological polar surface area (TPSA) is 30.5 Å².